The lowest BCUT2D eigenvalue weighted by atomic mass is 10.0. The lowest BCUT2D eigenvalue weighted by molar-refractivity contribution is 0.0833. The molecule has 24 heavy (non-hydrogen) atoms. The van der Waals surface area contributed by atoms with E-state index < -0.39 is 6.10 Å². The number of carbonyl (C=O) groups excluding carboxylic acids is 1. The van der Waals surface area contributed by atoms with E-state index in [1.165, 1.54) is 16.0 Å². The monoisotopic (exact) mass is 344 g/mol. The minimum absolute atomic E-state index is 0.0426. The number of aliphatic hydroxyl groups excluding tert-OH is 1. The minimum atomic E-state index is -0.402. The first-order valence-electron chi connectivity index (χ1n) is 8.45. The third-order valence-corrected chi connectivity index (χ3v) is 5.61. The van der Waals surface area contributed by atoms with Gasteiger partial charge in [0.2, 0.25) is 0 Å². The van der Waals surface area contributed by atoms with Gasteiger partial charge >= 0.3 is 6.03 Å². The summed E-state index contributed by atoms with van der Waals surface area (Å²) in [7, 11) is 0. The normalized spacial score (nSPS) is 19.1. The largest absolute Gasteiger partial charge is 0.391 e. The van der Waals surface area contributed by atoms with Gasteiger partial charge in [-0.2, -0.15) is 0 Å². The summed E-state index contributed by atoms with van der Waals surface area (Å²) in [6.07, 6.45) is 2.00. The molecule has 0 spiro atoms. The van der Waals surface area contributed by atoms with E-state index in [2.05, 4.69) is 35.8 Å². The number of piperidine rings is 1. The van der Waals surface area contributed by atoms with Crippen molar-refractivity contribution in [2.45, 2.75) is 38.3 Å². The van der Waals surface area contributed by atoms with Gasteiger partial charge in [0.05, 0.1) is 12.1 Å². The van der Waals surface area contributed by atoms with Crippen LogP contribution in [0, 0.1) is 6.92 Å². The van der Waals surface area contributed by atoms with E-state index in [-0.39, 0.29) is 12.1 Å². The molecular formula is C19H24N2O2S. The Morgan fingerprint density at radius 1 is 1.38 bits per heavy atom. The molecule has 1 aromatic carbocycles. The average molecular weight is 344 g/mol. The van der Waals surface area contributed by atoms with Crippen LogP contribution < -0.4 is 5.32 Å². The summed E-state index contributed by atoms with van der Waals surface area (Å²) in [5, 5.41) is 15.1. The zero-order chi connectivity index (χ0) is 16.9. The molecule has 2 unspecified atom stereocenters. The number of β-amino-alcohol motifs (C(OH)–C–C–N with tert-alkyl or cyclic N) is 1. The first-order chi connectivity index (χ1) is 11.6. The highest BCUT2D eigenvalue weighted by molar-refractivity contribution is 7.10. The van der Waals surface area contributed by atoms with Gasteiger partial charge in [-0.15, -0.1) is 11.3 Å². The standard InChI is InChI=1S/C19H24N2O2S/c1-14-9-11-24-18(14)17(12-15-6-3-2-4-7-15)20-19(23)21-10-5-8-16(22)13-21/h2-4,6-7,9,11,16-17,22H,5,8,10,12-13H2,1H3,(H,20,23). The van der Waals surface area contributed by atoms with Gasteiger partial charge in [0, 0.05) is 18.0 Å². The molecule has 1 aliphatic heterocycles. The molecule has 1 aliphatic rings. The maximum Gasteiger partial charge on any atom is 0.318 e. The predicted octanol–water partition coefficient (Wildman–Crippen LogP) is 3.51. The predicted molar refractivity (Wildman–Crippen MR) is 97.3 cm³/mol. The van der Waals surface area contributed by atoms with Crippen molar-refractivity contribution < 1.29 is 9.90 Å². The molecule has 1 fully saturated rings. The number of rotatable bonds is 4. The Hall–Kier alpha value is -1.85. The molecule has 0 saturated carbocycles. The van der Waals surface area contributed by atoms with Crippen molar-refractivity contribution in [3.05, 3.63) is 57.8 Å². The van der Waals surface area contributed by atoms with Gasteiger partial charge in [0.25, 0.3) is 0 Å². The molecule has 0 radical (unpaired) electrons. The molecule has 128 valence electrons. The average Bonchev–Trinajstić information content (AvgIpc) is 3.01. The minimum Gasteiger partial charge on any atom is -0.391 e. The number of hydrogen-bond donors (Lipinski definition) is 2. The van der Waals surface area contributed by atoms with Crippen LogP contribution in [0.3, 0.4) is 0 Å². The maximum atomic E-state index is 12.7. The number of likely N-dealkylation sites (tertiary alicyclic amines) is 1. The number of carbonyl (C=O) groups is 1. The summed E-state index contributed by atoms with van der Waals surface area (Å²) in [5.74, 6) is 0. The summed E-state index contributed by atoms with van der Waals surface area (Å²) in [5.41, 5.74) is 2.41. The highest BCUT2D eigenvalue weighted by Crippen LogP contribution is 2.27. The number of aliphatic hydroxyl groups is 1. The quantitative estimate of drug-likeness (QED) is 0.892. The van der Waals surface area contributed by atoms with E-state index in [9.17, 15) is 9.90 Å². The number of benzene rings is 1. The van der Waals surface area contributed by atoms with Crippen LogP contribution in [0.1, 0.15) is 34.9 Å². The number of hydrogen-bond acceptors (Lipinski definition) is 3. The molecule has 0 aliphatic carbocycles. The third-order valence-electron chi connectivity index (χ3n) is 4.48. The van der Waals surface area contributed by atoms with E-state index >= 15 is 0 Å². The Morgan fingerprint density at radius 2 is 2.17 bits per heavy atom. The SMILES string of the molecule is Cc1ccsc1C(Cc1ccccc1)NC(=O)N1CCCC(O)C1. The first kappa shape index (κ1) is 17.0. The molecule has 3 rings (SSSR count). The van der Waals surface area contributed by atoms with Crippen LogP contribution in [0.25, 0.3) is 0 Å². The van der Waals surface area contributed by atoms with Crippen LogP contribution >= 0.6 is 11.3 Å². The van der Waals surface area contributed by atoms with Gasteiger partial charge < -0.3 is 15.3 Å². The molecule has 4 nitrogen and oxygen atoms in total. The summed E-state index contributed by atoms with van der Waals surface area (Å²) in [6, 6.07) is 12.2. The topological polar surface area (TPSA) is 52.6 Å². The van der Waals surface area contributed by atoms with Gasteiger partial charge in [-0.1, -0.05) is 30.3 Å². The molecule has 5 heteroatoms. The maximum absolute atomic E-state index is 12.7. The second kappa shape index (κ2) is 7.81. The van der Waals surface area contributed by atoms with Crippen molar-refractivity contribution in [2.75, 3.05) is 13.1 Å². The van der Waals surface area contributed by atoms with Crippen molar-refractivity contribution in [2.24, 2.45) is 0 Å². The molecule has 0 bridgehead atoms. The van der Waals surface area contributed by atoms with Gasteiger partial charge in [-0.3, -0.25) is 0 Å². The summed E-state index contributed by atoms with van der Waals surface area (Å²) >= 11 is 1.68. The molecular weight excluding hydrogens is 320 g/mol. The molecule has 1 aromatic heterocycles. The summed E-state index contributed by atoms with van der Waals surface area (Å²) < 4.78 is 0. The number of urea groups is 1. The number of aryl methyl sites for hydroxylation is 1. The van der Waals surface area contributed by atoms with Crippen LogP contribution in [0.4, 0.5) is 4.79 Å². The van der Waals surface area contributed by atoms with E-state index in [1.807, 2.05) is 18.2 Å². The van der Waals surface area contributed by atoms with Crippen molar-refractivity contribution in [3.63, 3.8) is 0 Å². The van der Waals surface area contributed by atoms with Crippen LogP contribution in [-0.4, -0.2) is 35.2 Å². The highest BCUT2D eigenvalue weighted by Gasteiger charge is 2.25. The lowest BCUT2D eigenvalue weighted by Gasteiger charge is -2.32. The molecule has 2 heterocycles. The van der Waals surface area contributed by atoms with Crippen LogP contribution in [0.2, 0.25) is 0 Å². The fourth-order valence-electron chi connectivity index (χ4n) is 3.18. The van der Waals surface area contributed by atoms with E-state index in [4.69, 9.17) is 0 Å². The molecule has 2 amide bonds. The zero-order valence-corrected chi connectivity index (χ0v) is 14.8. The first-order valence-corrected chi connectivity index (χ1v) is 9.33. The Kier molecular flexibility index (Phi) is 5.53. The number of thiophene rings is 1. The molecule has 1 saturated heterocycles. The van der Waals surface area contributed by atoms with E-state index in [1.54, 1.807) is 16.2 Å². The lowest BCUT2D eigenvalue weighted by Crippen LogP contribution is -2.48. The van der Waals surface area contributed by atoms with E-state index in [0.717, 1.165) is 19.3 Å². The Labute approximate surface area is 147 Å². The third kappa shape index (κ3) is 4.16. The number of nitrogens with zero attached hydrogens (tertiary/aromatic N) is 1. The number of nitrogens with one attached hydrogen (secondary N) is 1. The van der Waals surface area contributed by atoms with Crippen molar-refractivity contribution >= 4 is 17.4 Å². The second-order valence-electron chi connectivity index (χ2n) is 6.40. The molecule has 2 aromatic rings. The fraction of sp³-hybridized carbons (Fsp3) is 0.421. The second-order valence-corrected chi connectivity index (χ2v) is 7.35. The van der Waals surface area contributed by atoms with Gasteiger partial charge in [0.1, 0.15) is 0 Å². The summed E-state index contributed by atoms with van der Waals surface area (Å²) in [6.45, 7) is 3.22. The zero-order valence-electron chi connectivity index (χ0n) is 13.9. The van der Waals surface area contributed by atoms with Gasteiger partial charge in [0.15, 0.2) is 0 Å². The Morgan fingerprint density at radius 3 is 2.83 bits per heavy atom. The van der Waals surface area contributed by atoms with Gasteiger partial charge in [-0.25, -0.2) is 4.79 Å². The van der Waals surface area contributed by atoms with Crippen LogP contribution in [0.15, 0.2) is 41.8 Å². The summed E-state index contributed by atoms with van der Waals surface area (Å²) in [4.78, 5) is 15.6. The smallest absolute Gasteiger partial charge is 0.318 e. The van der Waals surface area contributed by atoms with Crippen molar-refractivity contribution in [1.29, 1.82) is 0 Å². The van der Waals surface area contributed by atoms with Crippen molar-refractivity contribution in [1.82, 2.24) is 10.2 Å². The van der Waals surface area contributed by atoms with Gasteiger partial charge in [-0.05, 0) is 48.8 Å². The van der Waals surface area contributed by atoms with Crippen molar-refractivity contribution in [3.8, 4) is 0 Å². The Balaban J connectivity index is 1.75. The van der Waals surface area contributed by atoms with Crippen LogP contribution in [0.5, 0.6) is 0 Å². The number of amides is 2. The van der Waals surface area contributed by atoms with Crippen LogP contribution in [-0.2, 0) is 6.42 Å². The molecule has 2 N–H and O–H groups in total. The molecule has 2 atom stereocenters. The highest BCUT2D eigenvalue weighted by atomic mass is 32.1. The Bertz CT molecular complexity index is 671. The van der Waals surface area contributed by atoms with E-state index in [0.29, 0.717) is 13.1 Å². The fourth-order valence-corrected chi connectivity index (χ4v) is 4.16.